The van der Waals surface area contributed by atoms with E-state index < -0.39 is 11.1 Å². The second-order valence-electron chi connectivity index (χ2n) is 4.64. The lowest BCUT2D eigenvalue weighted by Gasteiger charge is -2.37. The van der Waals surface area contributed by atoms with E-state index in [1.54, 1.807) is 26.0 Å². The largest absolute Gasteiger partial charge is 0.508 e. The van der Waals surface area contributed by atoms with Crippen molar-refractivity contribution in [3.8, 4) is 5.75 Å². The van der Waals surface area contributed by atoms with Crippen molar-refractivity contribution in [2.45, 2.75) is 26.4 Å². The summed E-state index contributed by atoms with van der Waals surface area (Å²) in [5.74, 6) is 0.139. The van der Waals surface area contributed by atoms with Gasteiger partial charge < -0.3 is 10.8 Å². The monoisotopic (exact) mass is 211 g/mol. The van der Waals surface area contributed by atoms with Crippen molar-refractivity contribution >= 4 is 0 Å². The quantitative estimate of drug-likeness (QED) is 0.807. The van der Waals surface area contributed by atoms with Crippen molar-refractivity contribution < 1.29 is 9.50 Å². The van der Waals surface area contributed by atoms with E-state index in [4.69, 9.17) is 10.8 Å². The number of phenols is 1. The zero-order valence-electron chi connectivity index (χ0n) is 9.42. The van der Waals surface area contributed by atoms with Crippen LogP contribution in [0.25, 0.3) is 0 Å². The van der Waals surface area contributed by atoms with E-state index in [-0.39, 0.29) is 12.3 Å². The molecule has 2 nitrogen and oxygen atoms in total. The minimum Gasteiger partial charge on any atom is -0.508 e. The molecule has 0 saturated carbocycles. The van der Waals surface area contributed by atoms with Gasteiger partial charge in [-0.3, -0.25) is 0 Å². The number of hydrogen-bond acceptors (Lipinski definition) is 2. The lowest BCUT2D eigenvalue weighted by Crippen LogP contribution is -2.41. The third-order valence-electron chi connectivity index (χ3n) is 3.19. The van der Waals surface area contributed by atoms with E-state index in [9.17, 15) is 4.39 Å². The minimum atomic E-state index is -1.50. The fourth-order valence-electron chi connectivity index (χ4n) is 1.36. The third kappa shape index (κ3) is 2.12. The Morgan fingerprint density at radius 1 is 1.20 bits per heavy atom. The molecule has 1 aromatic rings. The van der Waals surface area contributed by atoms with Crippen molar-refractivity contribution in [3.63, 3.8) is 0 Å². The van der Waals surface area contributed by atoms with Crippen LogP contribution in [0.3, 0.4) is 0 Å². The number of hydrogen-bond donors (Lipinski definition) is 2. The number of nitrogens with two attached hydrogens (primary N) is 1. The zero-order valence-corrected chi connectivity index (χ0v) is 9.42. The molecule has 0 amide bonds. The molecule has 0 heterocycles. The molecule has 3 heteroatoms. The Morgan fingerprint density at radius 3 is 2.07 bits per heavy atom. The average molecular weight is 211 g/mol. The van der Waals surface area contributed by atoms with Crippen LogP contribution in [-0.4, -0.2) is 11.7 Å². The van der Waals surface area contributed by atoms with E-state index >= 15 is 0 Å². The van der Waals surface area contributed by atoms with Gasteiger partial charge in [-0.1, -0.05) is 26.0 Å². The van der Waals surface area contributed by atoms with Crippen LogP contribution >= 0.6 is 0 Å². The van der Waals surface area contributed by atoms with Crippen molar-refractivity contribution in [2.24, 2.45) is 11.1 Å². The number of benzene rings is 1. The lowest BCUT2D eigenvalue weighted by atomic mass is 9.73. The molecular weight excluding hydrogens is 193 g/mol. The van der Waals surface area contributed by atoms with E-state index in [1.807, 2.05) is 0 Å². The molecule has 1 rings (SSSR count). The second-order valence-corrected chi connectivity index (χ2v) is 4.64. The third-order valence-corrected chi connectivity index (χ3v) is 3.19. The highest BCUT2D eigenvalue weighted by Crippen LogP contribution is 2.42. The molecule has 0 aromatic heterocycles. The smallest absolute Gasteiger partial charge is 0.139 e. The molecule has 1 aromatic carbocycles. The molecule has 0 aliphatic rings. The molecule has 0 aliphatic heterocycles. The summed E-state index contributed by atoms with van der Waals surface area (Å²) in [6.07, 6.45) is 0. The zero-order chi connectivity index (χ0) is 11.7. The van der Waals surface area contributed by atoms with Gasteiger partial charge in [0.2, 0.25) is 0 Å². The Labute approximate surface area is 89.9 Å². The highest BCUT2D eigenvalue weighted by atomic mass is 19.1. The summed E-state index contributed by atoms with van der Waals surface area (Å²) < 4.78 is 14.6. The Bertz CT molecular complexity index is 330. The van der Waals surface area contributed by atoms with Crippen LogP contribution in [0.15, 0.2) is 24.3 Å². The first-order valence-electron chi connectivity index (χ1n) is 5.00. The van der Waals surface area contributed by atoms with E-state index in [2.05, 4.69) is 0 Å². The van der Waals surface area contributed by atoms with E-state index in [0.29, 0.717) is 5.56 Å². The van der Waals surface area contributed by atoms with Crippen molar-refractivity contribution in [1.29, 1.82) is 0 Å². The Morgan fingerprint density at radius 2 is 1.67 bits per heavy atom. The standard InChI is InChI=1S/C12H18FNO/c1-11(2,8-14)12(3,13)9-4-6-10(15)7-5-9/h4-7,15H,8,14H2,1-3H3. The van der Waals surface area contributed by atoms with Crippen LogP contribution in [0.2, 0.25) is 0 Å². The summed E-state index contributed by atoms with van der Waals surface area (Å²) in [6, 6.07) is 6.15. The molecule has 0 spiro atoms. The summed E-state index contributed by atoms with van der Waals surface area (Å²) in [7, 11) is 0. The predicted octanol–water partition coefficient (Wildman–Crippen LogP) is 2.56. The maximum atomic E-state index is 14.6. The predicted molar refractivity (Wildman–Crippen MR) is 59.4 cm³/mol. The maximum absolute atomic E-state index is 14.6. The van der Waals surface area contributed by atoms with Gasteiger partial charge in [0, 0.05) is 12.0 Å². The van der Waals surface area contributed by atoms with Gasteiger partial charge >= 0.3 is 0 Å². The van der Waals surface area contributed by atoms with E-state index in [1.165, 1.54) is 19.1 Å². The average Bonchev–Trinajstić information content (AvgIpc) is 2.18. The fraction of sp³-hybridized carbons (Fsp3) is 0.500. The molecular formula is C12H18FNO. The summed E-state index contributed by atoms with van der Waals surface area (Å²) in [4.78, 5) is 0. The van der Waals surface area contributed by atoms with Crippen LogP contribution in [0, 0.1) is 5.41 Å². The van der Waals surface area contributed by atoms with Crippen LogP contribution in [0.1, 0.15) is 26.3 Å². The molecule has 3 N–H and O–H groups in total. The van der Waals surface area contributed by atoms with Crippen molar-refractivity contribution in [1.82, 2.24) is 0 Å². The topological polar surface area (TPSA) is 46.2 Å². The van der Waals surface area contributed by atoms with Gasteiger partial charge in [0.05, 0.1) is 0 Å². The molecule has 15 heavy (non-hydrogen) atoms. The summed E-state index contributed by atoms with van der Waals surface area (Å²) >= 11 is 0. The van der Waals surface area contributed by atoms with Gasteiger partial charge in [-0.05, 0) is 24.6 Å². The molecule has 0 fully saturated rings. The molecule has 0 aliphatic carbocycles. The van der Waals surface area contributed by atoms with E-state index in [0.717, 1.165) is 0 Å². The second kappa shape index (κ2) is 3.81. The first-order chi connectivity index (χ1) is 6.81. The highest BCUT2D eigenvalue weighted by molar-refractivity contribution is 5.31. The first-order valence-corrected chi connectivity index (χ1v) is 5.00. The van der Waals surface area contributed by atoms with Crippen LogP contribution < -0.4 is 5.73 Å². The van der Waals surface area contributed by atoms with Crippen LogP contribution in [-0.2, 0) is 5.67 Å². The van der Waals surface area contributed by atoms with Gasteiger partial charge in [0.1, 0.15) is 11.4 Å². The van der Waals surface area contributed by atoms with Gasteiger partial charge in [-0.2, -0.15) is 0 Å². The van der Waals surface area contributed by atoms with Gasteiger partial charge in [0.15, 0.2) is 0 Å². The normalized spacial score (nSPS) is 16.1. The maximum Gasteiger partial charge on any atom is 0.139 e. The number of rotatable bonds is 3. The summed E-state index contributed by atoms with van der Waals surface area (Å²) in [6.45, 7) is 5.37. The summed E-state index contributed by atoms with van der Waals surface area (Å²) in [5.41, 5.74) is 3.97. The number of alkyl halides is 1. The molecule has 0 radical (unpaired) electrons. The molecule has 0 bridgehead atoms. The van der Waals surface area contributed by atoms with Crippen molar-refractivity contribution in [2.75, 3.05) is 6.54 Å². The van der Waals surface area contributed by atoms with Crippen LogP contribution in [0.4, 0.5) is 4.39 Å². The van der Waals surface area contributed by atoms with Gasteiger partial charge in [0.25, 0.3) is 0 Å². The Kier molecular flexibility index (Phi) is 3.05. The number of halogens is 1. The molecule has 1 atom stereocenters. The number of phenolic OH excluding ortho intramolecular Hbond substituents is 1. The Hall–Kier alpha value is -1.09. The van der Waals surface area contributed by atoms with Crippen LogP contribution in [0.5, 0.6) is 5.75 Å². The van der Waals surface area contributed by atoms with Gasteiger partial charge in [-0.25, -0.2) is 4.39 Å². The van der Waals surface area contributed by atoms with Gasteiger partial charge in [-0.15, -0.1) is 0 Å². The molecule has 1 unspecified atom stereocenters. The molecule has 84 valence electrons. The Balaban J connectivity index is 3.10. The number of aromatic hydroxyl groups is 1. The molecule has 0 saturated heterocycles. The highest BCUT2D eigenvalue weighted by Gasteiger charge is 2.41. The SMILES string of the molecule is CC(C)(CN)C(C)(F)c1ccc(O)cc1. The fourth-order valence-corrected chi connectivity index (χ4v) is 1.36. The van der Waals surface area contributed by atoms with Crippen molar-refractivity contribution in [3.05, 3.63) is 29.8 Å². The summed E-state index contributed by atoms with van der Waals surface area (Å²) in [5, 5.41) is 9.14. The minimum absolute atomic E-state index is 0.139. The first kappa shape index (κ1) is 12.0. The lowest BCUT2D eigenvalue weighted by molar-refractivity contribution is 0.0371.